The molecule has 2 heterocycles. The first-order chi connectivity index (χ1) is 13.3. The van der Waals surface area contributed by atoms with Crippen LogP contribution in [0.4, 0.5) is 0 Å². The number of benzene rings is 1. The zero-order valence-electron chi connectivity index (χ0n) is 17.7. The third kappa shape index (κ3) is 3.85. The molecule has 0 atom stereocenters. The van der Waals surface area contributed by atoms with E-state index in [1.165, 1.54) is 41.8 Å². The maximum Gasteiger partial charge on any atom is 0.220 e. The molecule has 1 aliphatic carbocycles. The molecule has 4 rings (SSSR count). The number of aromatic nitrogens is 3. The van der Waals surface area contributed by atoms with Crippen LogP contribution >= 0.6 is 11.6 Å². The van der Waals surface area contributed by atoms with E-state index in [0.29, 0.717) is 11.1 Å². The standard InChI is InChI=1S/C23H31ClN4/c1-15(2)11-26(12-19-6-7-19)13-20-10-25-23-27(20)14-21(24)28(23)22-17(4)8-16(3)9-18(22)5/h8-10,14-15,19H,6-7,11-13H2,1-5H3. The fourth-order valence-corrected chi connectivity index (χ4v) is 4.67. The van der Waals surface area contributed by atoms with Crippen LogP contribution in [0, 0.1) is 32.6 Å². The van der Waals surface area contributed by atoms with Crippen molar-refractivity contribution in [2.24, 2.45) is 11.8 Å². The number of nitrogens with zero attached hydrogens (tertiary/aromatic N) is 4. The third-order valence-electron chi connectivity index (χ3n) is 5.58. The molecule has 0 unspecified atom stereocenters. The van der Waals surface area contributed by atoms with Gasteiger partial charge in [-0.25, -0.2) is 4.98 Å². The van der Waals surface area contributed by atoms with Crippen molar-refractivity contribution in [2.45, 2.75) is 54.0 Å². The quantitative estimate of drug-likeness (QED) is 0.519. The van der Waals surface area contributed by atoms with Crippen molar-refractivity contribution in [3.05, 3.63) is 52.1 Å². The second-order valence-corrected chi connectivity index (χ2v) is 9.37. The van der Waals surface area contributed by atoms with Gasteiger partial charge in [0.2, 0.25) is 5.78 Å². The minimum Gasteiger partial charge on any atom is -0.297 e. The zero-order chi connectivity index (χ0) is 20.0. The van der Waals surface area contributed by atoms with E-state index in [1.807, 2.05) is 12.4 Å². The van der Waals surface area contributed by atoms with Crippen molar-refractivity contribution >= 4 is 17.4 Å². The van der Waals surface area contributed by atoms with Crippen LogP contribution in [0.15, 0.2) is 24.5 Å². The molecule has 1 saturated carbocycles. The Morgan fingerprint density at radius 1 is 1.18 bits per heavy atom. The van der Waals surface area contributed by atoms with Gasteiger partial charge in [0.1, 0.15) is 5.15 Å². The summed E-state index contributed by atoms with van der Waals surface area (Å²) in [5.41, 5.74) is 6.06. The molecule has 0 bridgehead atoms. The summed E-state index contributed by atoms with van der Waals surface area (Å²) in [6, 6.07) is 4.41. The normalized spacial score (nSPS) is 14.7. The molecule has 1 aliphatic rings. The van der Waals surface area contributed by atoms with Gasteiger partial charge in [-0.2, -0.15) is 0 Å². The Bertz CT molecular complexity index is 967. The highest BCUT2D eigenvalue weighted by atomic mass is 35.5. The molecule has 0 N–H and O–H groups in total. The summed E-state index contributed by atoms with van der Waals surface area (Å²) >= 11 is 6.70. The Balaban J connectivity index is 1.71. The van der Waals surface area contributed by atoms with Crippen LogP contribution in [0.25, 0.3) is 11.5 Å². The molecule has 2 aromatic heterocycles. The number of hydrogen-bond acceptors (Lipinski definition) is 2. The molecule has 0 amide bonds. The lowest BCUT2D eigenvalue weighted by atomic mass is 10.1. The predicted molar refractivity (Wildman–Crippen MR) is 117 cm³/mol. The number of fused-ring (bicyclic) bond motifs is 1. The van der Waals surface area contributed by atoms with Gasteiger partial charge in [-0.15, -0.1) is 0 Å². The Morgan fingerprint density at radius 3 is 2.46 bits per heavy atom. The van der Waals surface area contributed by atoms with E-state index in [9.17, 15) is 0 Å². The monoisotopic (exact) mass is 398 g/mol. The van der Waals surface area contributed by atoms with Crippen LogP contribution in [0.2, 0.25) is 5.15 Å². The average molecular weight is 399 g/mol. The molecule has 1 fully saturated rings. The summed E-state index contributed by atoms with van der Waals surface area (Å²) in [6.45, 7) is 14.2. The van der Waals surface area contributed by atoms with Gasteiger partial charge in [0, 0.05) is 25.8 Å². The predicted octanol–water partition coefficient (Wildman–Crippen LogP) is 5.57. The summed E-state index contributed by atoms with van der Waals surface area (Å²) < 4.78 is 4.25. The minimum atomic E-state index is 0.660. The number of halogens is 1. The molecule has 1 aromatic carbocycles. The molecule has 0 radical (unpaired) electrons. The van der Waals surface area contributed by atoms with Crippen molar-refractivity contribution in [1.29, 1.82) is 0 Å². The van der Waals surface area contributed by atoms with E-state index in [2.05, 4.69) is 60.6 Å². The molecule has 0 aliphatic heterocycles. The summed E-state index contributed by atoms with van der Waals surface area (Å²) in [4.78, 5) is 7.35. The highest BCUT2D eigenvalue weighted by molar-refractivity contribution is 6.30. The molecular weight excluding hydrogens is 368 g/mol. The lowest BCUT2D eigenvalue weighted by molar-refractivity contribution is 0.224. The first-order valence-corrected chi connectivity index (χ1v) is 10.7. The summed E-state index contributed by atoms with van der Waals surface area (Å²) in [6.07, 6.45) is 6.79. The molecule has 4 nitrogen and oxygen atoms in total. The zero-order valence-corrected chi connectivity index (χ0v) is 18.4. The van der Waals surface area contributed by atoms with E-state index in [1.54, 1.807) is 0 Å². The lowest BCUT2D eigenvalue weighted by Gasteiger charge is -2.23. The van der Waals surface area contributed by atoms with Gasteiger partial charge in [0.15, 0.2) is 0 Å². The largest absolute Gasteiger partial charge is 0.297 e. The highest BCUT2D eigenvalue weighted by Gasteiger charge is 2.25. The van der Waals surface area contributed by atoms with Crippen LogP contribution in [0.1, 0.15) is 49.1 Å². The highest BCUT2D eigenvalue weighted by Crippen LogP contribution is 2.31. The van der Waals surface area contributed by atoms with Crippen LogP contribution in [-0.4, -0.2) is 31.9 Å². The fraction of sp³-hybridized carbons (Fsp3) is 0.522. The smallest absolute Gasteiger partial charge is 0.220 e. The van der Waals surface area contributed by atoms with Crippen molar-refractivity contribution in [2.75, 3.05) is 13.1 Å². The van der Waals surface area contributed by atoms with Crippen molar-refractivity contribution in [3.63, 3.8) is 0 Å². The Hall–Kier alpha value is -1.78. The van der Waals surface area contributed by atoms with Gasteiger partial charge in [-0.1, -0.05) is 43.1 Å². The van der Waals surface area contributed by atoms with Crippen LogP contribution in [-0.2, 0) is 6.54 Å². The second-order valence-electron chi connectivity index (χ2n) is 8.99. The van der Waals surface area contributed by atoms with Gasteiger partial charge in [0.05, 0.1) is 17.6 Å². The third-order valence-corrected chi connectivity index (χ3v) is 5.85. The van der Waals surface area contributed by atoms with E-state index in [4.69, 9.17) is 16.6 Å². The molecule has 28 heavy (non-hydrogen) atoms. The van der Waals surface area contributed by atoms with Gasteiger partial charge < -0.3 is 0 Å². The van der Waals surface area contributed by atoms with Crippen molar-refractivity contribution < 1.29 is 0 Å². The topological polar surface area (TPSA) is 25.5 Å². The molecule has 3 aromatic rings. The number of hydrogen-bond donors (Lipinski definition) is 0. The van der Waals surface area contributed by atoms with Gasteiger partial charge in [-0.05, 0) is 56.6 Å². The maximum absolute atomic E-state index is 6.70. The molecule has 5 heteroatoms. The molecule has 0 spiro atoms. The van der Waals surface area contributed by atoms with Gasteiger partial charge >= 0.3 is 0 Å². The lowest BCUT2D eigenvalue weighted by Crippen LogP contribution is -2.29. The first-order valence-electron chi connectivity index (χ1n) is 10.4. The minimum absolute atomic E-state index is 0.660. The second kappa shape index (κ2) is 7.57. The molecule has 0 saturated heterocycles. The SMILES string of the molecule is Cc1cc(C)c(-n2c(Cl)cn3c(CN(CC(C)C)CC4CC4)cnc23)c(C)c1. The average Bonchev–Trinajstić information content (AvgIpc) is 3.23. The summed E-state index contributed by atoms with van der Waals surface area (Å²) in [5, 5.41) is 0.706. The molecular formula is C23H31ClN4. The van der Waals surface area contributed by atoms with E-state index in [0.717, 1.165) is 30.5 Å². The van der Waals surface area contributed by atoms with Gasteiger partial charge in [0.25, 0.3) is 0 Å². The van der Waals surface area contributed by atoms with Crippen LogP contribution in [0.5, 0.6) is 0 Å². The maximum atomic E-state index is 6.70. The number of imidazole rings is 2. The fourth-order valence-electron chi connectivity index (χ4n) is 4.41. The first kappa shape index (κ1) is 19.5. The van der Waals surface area contributed by atoms with Gasteiger partial charge in [-0.3, -0.25) is 13.9 Å². The van der Waals surface area contributed by atoms with Crippen molar-refractivity contribution in [1.82, 2.24) is 18.9 Å². The van der Waals surface area contributed by atoms with Crippen molar-refractivity contribution in [3.8, 4) is 5.69 Å². The summed E-state index contributed by atoms with van der Waals surface area (Å²) in [7, 11) is 0. The number of aryl methyl sites for hydroxylation is 3. The summed E-state index contributed by atoms with van der Waals surface area (Å²) in [5.74, 6) is 2.44. The van der Waals surface area contributed by atoms with E-state index < -0.39 is 0 Å². The Morgan fingerprint density at radius 2 is 1.86 bits per heavy atom. The Labute approximate surface area is 173 Å². The van der Waals surface area contributed by atoms with E-state index in [-0.39, 0.29) is 0 Å². The van der Waals surface area contributed by atoms with E-state index >= 15 is 0 Å². The number of rotatable bonds is 7. The Kier molecular flexibility index (Phi) is 5.28. The van der Waals surface area contributed by atoms with Crippen LogP contribution in [0.3, 0.4) is 0 Å². The molecule has 150 valence electrons. The van der Waals surface area contributed by atoms with Crippen LogP contribution < -0.4 is 0 Å².